The molecule has 8 nitrogen and oxygen atoms in total. The van der Waals surface area contributed by atoms with E-state index in [1.807, 2.05) is 43.3 Å². The van der Waals surface area contributed by atoms with Gasteiger partial charge in [0.25, 0.3) is 0 Å². The van der Waals surface area contributed by atoms with Crippen molar-refractivity contribution in [3.05, 3.63) is 71.5 Å². The number of anilines is 2. The minimum atomic E-state index is -0.131. The lowest BCUT2D eigenvalue weighted by molar-refractivity contribution is 0.122. The maximum atomic E-state index is 6.06. The molecule has 1 aliphatic heterocycles. The van der Waals surface area contributed by atoms with Crippen LogP contribution in [0.5, 0.6) is 6.01 Å². The van der Waals surface area contributed by atoms with Crippen LogP contribution in [-0.4, -0.2) is 53.6 Å². The molecule has 1 saturated heterocycles. The third kappa shape index (κ3) is 6.24. The van der Waals surface area contributed by atoms with Crippen molar-refractivity contribution in [2.24, 2.45) is 5.10 Å². The molecule has 8 heteroatoms. The first kappa shape index (κ1) is 21.7. The van der Waals surface area contributed by atoms with Crippen LogP contribution < -0.4 is 15.1 Å². The molecule has 0 spiro atoms. The summed E-state index contributed by atoms with van der Waals surface area (Å²) in [5.74, 6) is 1.36. The molecule has 166 valence electrons. The van der Waals surface area contributed by atoms with Crippen LogP contribution in [0.3, 0.4) is 0 Å². The van der Waals surface area contributed by atoms with E-state index in [1.165, 1.54) is 5.56 Å². The second-order valence-electron chi connectivity index (χ2n) is 7.73. The zero-order chi connectivity index (χ0) is 22.2. The molecule has 32 heavy (non-hydrogen) atoms. The number of nitrogens with zero attached hydrogens (tertiary/aromatic N) is 5. The summed E-state index contributed by atoms with van der Waals surface area (Å²) in [6.45, 7) is 6.93. The Morgan fingerprint density at radius 3 is 2.81 bits per heavy atom. The average molecular weight is 433 g/mol. The van der Waals surface area contributed by atoms with Gasteiger partial charge in [-0.05, 0) is 31.5 Å². The van der Waals surface area contributed by atoms with Crippen LogP contribution in [-0.2, 0) is 11.2 Å². The lowest BCUT2D eigenvalue weighted by Gasteiger charge is -2.28. The Hall–Kier alpha value is -3.52. The number of pyridine rings is 1. The van der Waals surface area contributed by atoms with Crippen molar-refractivity contribution >= 4 is 17.9 Å². The third-order valence-electron chi connectivity index (χ3n) is 4.99. The Labute approximate surface area is 188 Å². The number of hydrogen-bond donors (Lipinski definition) is 1. The van der Waals surface area contributed by atoms with Gasteiger partial charge in [-0.15, -0.1) is 0 Å². The minimum absolute atomic E-state index is 0.131. The van der Waals surface area contributed by atoms with E-state index in [9.17, 15) is 0 Å². The highest BCUT2D eigenvalue weighted by Gasteiger charge is 2.17. The fourth-order valence-corrected chi connectivity index (χ4v) is 3.44. The number of rotatable bonds is 8. The molecule has 3 aromatic rings. The molecule has 0 aliphatic carbocycles. The fraction of sp³-hybridized carbons (Fsp3) is 0.333. The van der Waals surface area contributed by atoms with Crippen molar-refractivity contribution in [2.45, 2.75) is 26.4 Å². The molecule has 4 rings (SSSR count). The summed E-state index contributed by atoms with van der Waals surface area (Å²) in [6, 6.07) is 16.2. The highest BCUT2D eigenvalue weighted by molar-refractivity contribution is 5.80. The first-order chi connectivity index (χ1) is 15.7. The lowest BCUT2D eigenvalue weighted by Crippen LogP contribution is -2.37. The van der Waals surface area contributed by atoms with E-state index in [-0.39, 0.29) is 6.10 Å². The summed E-state index contributed by atoms with van der Waals surface area (Å²) in [5.41, 5.74) is 6.18. The number of morpholine rings is 1. The first-order valence-corrected chi connectivity index (χ1v) is 10.8. The fourth-order valence-electron chi connectivity index (χ4n) is 3.44. The Balaban J connectivity index is 1.50. The van der Waals surface area contributed by atoms with Crippen LogP contribution in [0.15, 0.2) is 59.8 Å². The zero-order valence-corrected chi connectivity index (χ0v) is 18.4. The van der Waals surface area contributed by atoms with E-state index < -0.39 is 0 Å². The summed E-state index contributed by atoms with van der Waals surface area (Å²) >= 11 is 0. The second kappa shape index (κ2) is 10.7. The van der Waals surface area contributed by atoms with Gasteiger partial charge in [0.1, 0.15) is 11.9 Å². The Morgan fingerprint density at radius 1 is 1.16 bits per heavy atom. The van der Waals surface area contributed by atoms with Crippen molar-refractivity contribution in [1.82, 2.24) is 15.0 Å². The normalized spacial score (nSPS) is 15.0. The van der Waals surface area contributed by atoms with Crippen LogP contribution in [0.25, 0.3) is 0 Å². The van der Waals surface area contributed by atoms with Gasteiger partial charge in [-0.1, -0.05) is 35.9 Å². The van der Waals surface area contributed by atoms with Crippen molar-refractivity contribution in [2.75, 3.05) is 36.6 Å². The van der Waals surface area contributed by atoms with Crippen LogP contribution in [0.1, 0.15) is 23.7 Å². The molecule has 3 heterocycles. The molecule has 1 aliphatic rings. The number of nitrogens with one attached hydrogen (secondary N) is 1. The maximum absolute atomic E-state index is 6.06. The van der Waals surface area contributed by atoms with E-state index in [4.69, 9.17) is 9.47 Å². The second-order valence-corrected chi connectivity index (χ2v) is 7.73. The van der Waals surface area contributed by atoms with Crippen LogP contribution in [0, 0.1) is 6.92 Å². The van der Waals surface area contributed by atoms with E-state index in [0.717, 1.165) is 30.2 Å². The molecule has 1 atom stereocenters. The molecule has 0 amide bonds. The predicted molar refractivity (Wildman–Crippen MR) is 125 cm³/mol. The van der Waals surface area contributed by atoms with E-state index in [2.05, 4.69) is 49.4 Å². The molecular formula is C24H28N6O2. The van der Waals surface area contributed by atoms with Crippen LogP contribution >= 0.6 is 0 Å². The summed E-state index contributed by atoms with van der Waals surface area (Å²) in [6.07, 6.45) is 4.09. The summed E-state index contributed by atoms with van der Waals surface area (Å²) in [5, 5.41) is 4.35. The number of aryl methyl sites for hydroxylation is 1. The van der Waals surface area contributed by atoms with Gasteiger partial charge in [0.05, 0.1) is 19.4 Å². The van der Waals surface area contributed by atoms with Crippen molar-refractivity contribution in [3.8, 4) is 6.01 Å². The Morgan fingerprint density at radius 2 is 2.03 bits per heavy atom. The zero-order valence-electron chi connectivity index (χ0n) is 18.4. The largest absolute Gasteiger partial charge is 0.460 e. The van der Waals surface area contributed by atoms with Gasteiger partial charge in [-0.25, -0.2) is 0 Å². The third-order valence-corrected chi connectivity index (χ3v) is 4.99. The minimum Gasteiger partial charge on any atom is -0.460 e. The molecule has 1 aromatic carbocycles. The molecule has 0 bridgehead atoms. The average Bonchev–Trinajstić information content (AvgIpc) is 2.80. The summed E-state index contributed by atoms with van der Waals surface area (Å²) in [7, 11) is 0. The van der Waals surface area contributed by atoms with Gasteiger partial charge in [0, 0.05) is 37.5 Å². The van der Waals surface area contributed by atoms with Gasteiger partial charge in [0.15, 0.2) is 5.82 Å². The molecule has 0 radical (unpaired) electrons. The standard InChI is InChI=1S/C24H28N6O2/c1-18-6-5-7-20(14-18)17-26-29-22-16-23(30-10-12-31-13-11-30)28-24(27-22)32-19(2)15-21-8-3-4-9-25-21/h3-9,14,16-17,19H,10-13,15H2,1-2H3,(H,27,28,29)/b26-17+. The van der Waals surface area contributed by atoms with Gasteiger partial charge >= 0.3 is 6.01 Å². The predicted octanol–water partition coefficient (Wildman–Crippen LogP) is 3.47. The maximum Gasteiger partial charge on any atom is 0.320 e. The molecule has 1 unspecified atom stereocenters. The highest BCUT2D eigenvalue weighted by Crippen LogP contribution is 2.21. The van der Waals surface area contributed by atoms with Crippen molar-refractivity contribution in [1.29, 1.82) is 0 Å². The Kier molecular flexibility index (Phi) is 7.24. The molecule has 2 aromatic heterocycles. The number of hydrogen-bond acceptors (Lipinski definition) is 8. The van der Waals surface area contributed by atoms with Crippen LogP contribution in [0.2, 0.25) is 0 Å². The van der Waals surface area contributed by atoms with Crippen LogP contribution in [0.4, 0.5) is 11.6 Å². The monoisotopic (exact) mass is 432 g/mol. The first-order valence-electron chi connectivity index (χ1n) is 10.8. The van der Waals surface area contributed by atoms with E-state index in [1.54, 1.807) is 12.4 Å². The number of aromatic nitrogens is 3. The van der Waals surface area contributed by atoms with Gasteiger partial charge in [-0.3, -0.25) is 10.4 Å². The Bertz CT molecular complexity index is 1040. The number of ether oxygens (including phenoxy) is 2. The summed E-state index contributed by atoms with van der Waals surface area (Å²) < 4.78 is 11.5. The summed E-state index contributed by atoms with van der Waals surface area (Å²) in [4.78, 5) is 15.7. The van der Waals surface area contributed by atoms with Gasteiger partial charge in [-0.2, -0.15) is 15.1 Å². The van der Waals surface area contributed by atoms with E-state index >= 15 is 0 Å². The number of hydrazone groups is 1. The molecule has 0 saturated carbocycles. The quantitative estimate of drug-likeness (QED) is 0.431. The number of benzene rings is 1. The SMILES string of the molecule is Cc1cccc(/C=N/Nc2cc(N3CCOCC3)nc(OC(C)Cc3ccccn3)n2)c1. The van der Waals surface area contributed by atoms with Gasteiger partial charge < -0.3 is 14.4 Å². The molecular weight excluding hydrogens is 404 g/mol. The highest BCUT2D eigenvalue weighted by atomic mass is 16.5. The van der Waals surface area contributed by atoms with Crippen molar-refractivity contribution in [3.63, 3.8) is 0 Å². The molecule has 1 fully saturated rings. The molecule has 1 N–H and O–H groups in total. The van der Waals surface area contributed by atoms with E-state index in [0.29, 0.717) is 31.5 Å². The lowest BCUT2D eigenvalue weighted by atomic mass is 10.2. The van der Waals surface area contributed by atoms with Gasteiger partial charge in [0.2, 0.25) is 0 Å². The van der Waals surface area contributed by atoms with Crippen molar-refractivity contribution < 1.29 is 9.47 Å². The smallest absolute Gasteiger partial charge is 0.320 e. The topological polar surface area (TPSA) is 84.8 Å².